The number of carbonyl (C=O) groups is 2. The molecule has 0 bridgehead atoms. The number of fused-ring (bicyclic) bond motifs is 5. The molecule has 0 radical (unpaired) electrons. The van der Waals surface area contributed by atoms with Crippen molar-refractivity contribution in [1.29, 1.82) is 0 Å². The molecule has 37 heavy (non-hydrogen) atoms. The van der Waals surface area contributed by atoms with Gasteiger partial charge in [-0.05, 0) is 86.0 Å². The van der Waals surface area contributed by atoms with Crippen molar-refractivity contribution in [3.05, 3.63) is 41.5 Å². The number of anilines is 1. The molecule has 202 valence electrons. The molecule has 4 aliphatic rings. The molecule has 1 aromatic rings. The summed E-state index contributed by atoms with van der Waals surface area (Å²) in [4.78, 5) is 25.3. The normalized spacial score (nSPS) is 37.3. The number of carbonyl (C=O) groups excluding carboxylic acids is 2. The van der Waals surface area contributed by atoms with Crippen molar-refractivity contribution in [2.24, 2.45) is 34.5 Å². The molecule has 0 spiro atoms. The third-order valence-electron chi connectivity index (χ3n) is 9.91. The van der Waals surface area contributed by atoms with Crippen LogP contribution in [0.4, 0.5) is 32.0 Å². The van der Waals surface area contributed by atoms with Crippen LogP contribution in [0.3, 0.4) is 0 Å². The molecule has 3 saturated carbocycles. The molecule has 3 fully saturated rings. The van der Waals surface area contributed by atoms with Crippen LogP contribution in [0.2, 0.25) is 0 Å². The molecule has 1 aliphatic heterocycles. The zero-order chi connectivity index (χ0) is 27.0. The second kappa shape index (κ2) is 8.50. The van der Waals surface area contributed by atoms with E-state index >= 15 is 0 Å². The maximum absolute atomic E-state index is 13.6. The highest BCUT2D eigenvalue weighted by molar-refractivity contribution is 5.94. The van der Waals surface area contributed by atoms with Crippen LogP contribution in [-0.4, -0.2) is 17.9 Å². The molecule has 10 heteroatoms. The highest BCUT2D eigenvalue weighted by Gasteiger charge is 2.61. The predicted octanol–water partition coefficient (Wildman–Crippen LogP) is 6.58. The second-order valence-corrected chi connectivity index (χ2v) is 11.6. The van der Waals surface area contributed by atoms with Crippen LogP contribution in [0, 0.1) is 34.5 Å². The predicted molar refractivity (Wildman–Crippen MR) is 124 cm³/mol. The fourth-order valence-electron chi connectivity index (χ4n) is 8.06. The Kier molecular flexibility index (Phi) is 5.99. The molecule has 0 saturated heterocycles. The molecular formula is C27H30F6N2O2. The highest BCUT2D eigenvalue weighted by Crippen LogP contribution is 2.65. The van der Waals surface area contributed by atoms with Crippen LogP contribution >= 0.6 is 0 Å². The van der Waals surface area contributed by atoms with Crippen LogP contribution < -0.4 is 10.6 Å². The zero-order valence-electron chi connectivity index (χ0n) is 20.6. The molecule has 1 heterocycles. The van der Waals surface area contributed by atoms with Gasteiger partial charge in [0, 0.05) is 17.4 Å². The van der Waals surface area contributed by atoms with Crippen molar-refractivity contribution in [2.75, 3.05) is 5.32 Å². The smallest absolute Gasteiger partial charge is 0.349 e. The first-order valence-electron chi connectivity index (χ1n) is 12.7. The SMILES string of the molecule is CC12CCC3C(CCC4NC(=O)C=C[C@@]43C)C1CC[C@@H]2C(=O)Nc1cc(C(F)(F)F)ccc1C(F)(F)F. The number of alkyl halides is 6. The molecule has 4 nitrogen and oxygen atoms in total. The molecule has 5 rings (SSSR count). The fraction of sp³-hybridized carbons (Fsp3) is 0.630. The third-order valence-corrected chi connectivity index (χ3v) is 9.91. The Morgan fingerprint density at radius 2 is 1.70 bits per heavy atom. The summed E-state index contributed by atoms with van der Waals surface area (Å²) in [6.45, 7) is 4.17. The van der Waals surface area contributed by atoms with Crippen LogP contribution in [0.1, 0.15) is 63.5 Å². The lowest BCUT2D eigenvalue weighted by molar-refractivity contribution is -0.141. The third kappa shape index (κ3) is 4.24. The first-order valence-corrected chi connectivity index (χ1v) is 12.7. The van der Waals surface area contributed by atoms with Gasteiger partial charge in [-0.1, -0.05) is 19.9 Å². The van der Waals surface area contributed by atoms with Gasteiger partial charge >= 0.3 is 12.4 Å². The van der Waals surface area contributed by atoms with E-state index < -0.39 is 46.4 Å². The van der Waals surface area contributed by atoms with E-state index in [4.69, 9.17) is 0 Å². The number of amides is 2. The lowest BCUT2D eigenvalue weighted by Crippen LogP contribution is -2.59. The number of nitrogens with one attached hydrogen (secondary N) is 2. The van der Waals surface area contributed by atoms with Gasteiger partial charge in [0.1, 0.15) is 0 Å². The van der Waals surface area contributed by atoms with Gasteiger partial charge < -0.3 is 10.6 Å². The Morgan fingerprint density at radius 1 is 0.973 bits per heavy atom. The molecule has 2 N–H and O–H groups in total. The first kappa shape index (κ1) is 26.1. The van der Waals surface area contributed by atoms with Gasteiger partial charge in [0.2, 0.25) is 11.8 Å². The molecular weight excluding hydrogens is 498 g/mol. The largest absolute Gasteiger partial charge is 0.418 e. The average molecular weight is 529 g/mol. The minimum absolute atomic E-state index is 0.0535. The molecule has 0 aromatic heterocycles. The average Bonchev–Trinajstić information content (AvgIpc) is 3.15. The highest BCUT2D eigenvalue weighted by atomic mass is 19.4. The summed E-state index contributed by atoms with van der Waals surface area (Å²) in [5.41, 5.74) is -4.06. The van der Waals surface area contributed by atoms with Gasteiger partial charge in [-0.2, -0.15) is 26.3 Å². The van der Waals surface area contributed by atoms with E-state index in [0.717, 1.165) is 25.7 Å². The summed E-state index contributed by atoms with van der Waals surface area (Å²) in [6, 6.07) is 1.18. The summed E-state index contributed by atoms with van der Waals surface area (Å²) in [7, 11) is 0. The summed E-state index contributed by atoms with van der Waals surface area (Å²) >= 11 is 0. The fourth-order valence-corrected chi connectivity index (χ4v) is 8.06. The Bertz CT molecular complexity index is 1140. The number of hydrogen-bond acceptors (Lipinski definition) is 2. The van der Waals surface area contributed by atoms with Gasteiger partial charge in [-0.25, -0.2) is 0 Å². The van der Waals surface area contributed by atoms with E-state index in [-0.39, 0.29) is 23.3 Å². The number of halogens is 6. The van der Waals surface area contributed by atoms with E-state index in [1.54, 1.807) is 6.08 Å². The minimum Gasteiger partial charge on any atom is -0.349 e. The molecule has 1 aromatic carbocycles. The van der Waals surface area contributed by atoms with Gasteiger partial charge in [0.05, 0.1) is 16.8 Å². The molecule has 2 amide bonds. The van der Waals surface area contributed by atoms with Crippen LogP contribution in [0.25, 0.3) is 0 Å². The number of hydrogen-bond donors (Lipinski definition) is 2. The summed E-state index contributed by atoms with van der Waals surface area (Å²) in [6.07, 6.45) is -1.73. The van der Waals surface area contributed by atoms with E-state index in [0.29, 0.717) is 42.9 Å². The van der Waals surface area contributed by atoms with E-state index in [1.165, 1.54) is 0 Å². The molecule has 5 unspecified atom stereocenters. The molecule has 3 aliphatic carbocycles. The molecule has 7 atom stereocenters. The lowest BCUT2D eigenvalue weighted by Gasteiger charge is -2.58. The van der Waals surface area contributed by atoms with Crippen molar-refractivity contribution in [1.82, 2.24) is 5.32 Å². The Labute approximate surface area is 211 Å². The standard InChI is InChI=1S/C27H30F6N2O2/c1-24-11-9-17-15(4-8-21-25(17,2)12-10-22(36)35-21)16(24)6-7-19(24)23(37)34-20-13-14(26(28,29)30)3-5-18(20)27(31,32)33/h3,5,10,12-13,15-17,19,21H,4,6-9,11H2,1-2H3,(H,34,37)(H,35,36)/t15?,16?,17?,19-,21?,24?,25-/m1/s1. The van der Waals surface area contributed by atoms with Crippen LogP contribution in [0.5, 0.6) is 0 Å². The van der Waals surface area contributed by atoms with Crippen LogP contribution in [-0.2, 0) is 21.9 Å². The van der Waals surface area contributed by atoms with Gasteiger partial charge in [0.25, 0.3) is 0 Å². The van der Waals surface area contributed by atoms with Crippen molar-refractivity contribution in [3.8, 4) is 0 Å². The summed E-state index contributed by atoms with van der Waals surface area (Å²) in [5, 5.41) is 5.33. The van der Waals surface area contributed by atoms with Crippen molar-refractivity contribution in [2.45, 2.75) is 70.8 Å². The summed E-state index contributed by atoms with van der Waals surface area (Å²) < 4.78 is 80.4. The summed E-state index contributed by atoms with van der Waals surface area (Å²) in [5.74, 6) is -0.555. The van der Waals surface area contributed by atoms with E-state index in [2.05, 4.69) is 17.6 Å². The van der Waals surface area contributed by atoms with Gasteiger partial charge in [-0.3, -0.25) is 9.59 Å². The van der Waals surface area contributed by atoms with E-state index in [9.17, 15) is 35.9 Å². The van der Waals surface area contributed by atoms with Crippen molar-refractivity contribution in [3.63, 3.8) is 0 Å². The van der Waals surface area contributed by atoms with Crippen LogP contribution in [0.15, 0.2) is 30.4 Å². The van der Waals surface area contributed by atoms with Crippen molar-refractivity contribution < 1.29 is 35.9 Å². The Hall–Kier alpha value is -2.52. The lowest BCUT2D eigenvalue weighted by atomic mass is 9.48. The zero-order valence-corrected chi connectivity index (χ0v) is 20.6. The topological polar surface area (TPSA) is 58.2 Å². The number of benzene rings is 1. The Morgan fingerprint density at radius 3 is 2.38 bits per heavy atom. The van der Waals surface area contributed by atoms with Gasteiger partial charge in [0.15, 0.2) is 0 Å². The minimum atomic E-state index is -4.91. The Balaban J connectivity index is 1.40. The second-order valence-electron chi connectivity index (χ2n) is 11.6. The van der Waals surface area contributed by atoms with E-state index in [1.807, 2.05) is 13.0 Å². The van der Waals surface area contributed by atoms with Gasteiger partial charge in [-0.15, -0.1) is 0 Å². The monoisotopic (exact) mass is 528 g/mol. The number of rotatable bonds is 2. The quantitative estimate of drug-likeness (QED) is 0.427. The van der Waals surface area contributed by atoms with Crippen molar-refractivity contribution >= 4 is 17.5 Å². The maximum Gasteiger partial charge on any atom is 0.418 e. The first-order chi connectivity index (χ1) is 17.1. The maximum atomic E-state index is 13.6.